The van der Waals surface area contributed by atoms with Crippen LogP contribution in [0.3, 0.4) is 0 Å². The van der Waals surface area contributed by atoms with Gasteiger partial charge in [-0.3, -0.25) is 0 Å². The second-order valence-electron chi connectivity index (χ2n) is 4.69. The zero-order chi connectivity index (χ0) is 12.4. The molecule has 3 rings (SSSR count). The van der Waals surface area contributed by atoms with E-state index in [1.807, 2.05) is 12.1 Å². The summed E-state index contributed by atoms with van der Waals surface area (Å²) in [4.78, 5) is 0. The lowest BCUT2D eigenvalue weighted by atomic mass is 9.87. The minimum Gasteiger partial charge on any atom is -0.454 e. The molecule has 0 saturated carbocycles. The fourth-order valence-electron chi connectivity index (χ4n) is 2.57. The van der Waals surface area contributed by atoms with E-state index in [0.717, 1.165) is 17.9 Å². The minimum absolute atomic E-state index is 0.333. The van der Waals surface area contributed by atoms with Crippen LogP contribution in [-0.2, 0) is 0 Å². The van der Waals surface area contributed by atoms with Crippen molar-refractivity contribution in [1.29, 1.82) is 0 Å². The predicted octanol–water partition coefficient (Wildman–Crippen LogP) is 3.94. The van der Waals surface area contributed by atoms with Gasteiger partial charge in [-0.1, -0.05) is 18.7 Å². The molecule has 0 N–H and O–H groups in total. The van der Waals surface area contributed by atoms with Crippen LogP contribution in [0.15, 0.2) is 42.7 Å². The van der Waals surface area contributed by atoms with Gasteiger partial charge in [0, 0.05) is 5.92 Å². The van der Waals surface area contributed by atoms with E-state index in [0.29, 0.717) is 12.7 Å². The number of fused-ring (bicyclic) bond motifs is 1. The van der Waals surface area contributed by atoms with Gasteiger partial charge in [0.05, 0.1) is 0 Å². The van der Waals surface area contributed by atoms with Crippen LogP contribution < -0.4 is 9.47 Å². The second-order valence-corrected chi connectivity index (χ2v) is 4.69. The van der Waals surface area contributed by atoms with Gasteiger partial charge in [-0.25, -0.2) is 0 Å². The molecule has 1 unspecified atom stereocenters. The van der Waals surface area contributed by atoms with Crippen LogP contribution >= 0.6 is 0 Å². The van der Waals surface area contributed by atoms with Crippen LogP contribution in [0.4, 0.5) is 0 Å². The summed E-state index contributed by atoms with van der Waals surface area (Å²) in [6.45, 7) is 3.99. The fourth-order valence-corrected chi connectivity index (χ4v) is 2.57. The first-order chi connectivity index (χ1) is 8.86. The highest BCUT2D eigenvalue weighted by Gasteiger charge is 2.17. The molecular weight excluding hydrogens is 224 g/mol. The van der Waals surface area contributed by atoms with Crippen molar-refractivity contribution in [2.75, 3.05) is 6.79 Å². The Labute approximate surface area is 107 Å². The molecule has 18 heavy (non-hydrogen) atoms. The molecule has 2 aliphatic rings. The number of benzene rings is 1. The van der Waals surface area contributed by atoms with E-state index in [1.165, 1.54) is 24.0 Å². The maximum atomic E-state index is 5.42. The van der Waals surface area contributed by atoms with Gasteiger partial charge in [0.25, 0.3) is 0 Å². The Balaban J connectivity index is 1.92. The summed E-state index contributed by atoms with van der Waals surface area (Å²) in [5, 5.41) is 0. The van der Waals surface area contributed by atoms with E-state index < -0.39 is 0 Å². The average Bonchev–Trinajstić information content (AvgIpc) is 2.86. The number of hydrogen-bond acceptors (Lipinski definition) is 2. The van der Waals surface area contributed by atoms with Gasteiger partial charge < -0.3 is 9.47 Å². The van der Waals surface area contributed by atoms with Gasteiger partial charge in [-0.2, -0.15) is 0 Å². The molecule has 1 heterocycles. The molecule has 0 spiro atoms. The lowest BCUT2D eigenvalue weighted by molar-refractivity contribution is 0.174. The van der Waals surface area contributed by atoms with Crippen molar-refractivity contribution >= 4 is 5.57 Å². The van der Waals surface area contributed by atoms with E-state index in [-0.39, 0.29) is 0 Å². The highest BCUT2D eigenvalue weighted by molar-refractivity contribution is 5.69. The molecule has 0 amide bonds. The molecule has 1 aromatic carbocycles. The highest BCUT2D eigenvalue weighted by Crippen LogP contribution is 2.37. The van der Waals surface area contributed by atoms with Crippen molar-refractivity contribution in [2.24, 2.45) is 5.92 Å². The molecule has 0 aromatic heterocycles. The van der Waals surface area contributed by atoms with Crippen molar-refractivity contribution < 1.29 is 9.47 Å². The predicted molar refractivity (Wildman–Crippen MR) is 71.6 cm³/mol. The summed E-state index contributed by atoms with van der Waals surface area (Å²) in [5.74, 6) is 2.17. The van der Waals surface area contributed by atoms with Crippen LogP contribution in [-0.4, -0.2) is 6.79 Å². The molecule has 1 aliphatic carbocycles. The van der Waals surface area contributed by atoms with Crippen molar-refractivity contribution in [3.05, 3.63) is 48.2 Å². The second kappa shape index (κ2) is 4.75. The van der Waals surface area contributed by atoms with E-state index in [9.17, 15) is 0 Å². The molecule has 1 atom stereocenters. The van der Waals surface area contributed by atoms with Crippen LogP contribution in [0.5, 0.6) is 11.5 Å². The van der Waals surface area contributed by atoms with E-state index >= 15 is 0 Å². The van der Waals surface area contributed by atoms with Crippen LogP contribution in [0.2, 0.25) is 0 Å². The summed E-state index contributed by atoms with van der Waals surface area (Å²) in [6, 6.07) is 6.18. The van der Waals surface area contributed by atoms with Crippen molar-refractivity contribution in [2.45, 2.75) is 19.3 Å². The molecular formula is C16H16O2. The summed E-state index contributed by atoms with van der Waals surface area (Å²) in [7, 11) is 0. The van der Waals surface area contributed by atoms with Gasteiger partial charge in [0.2, 0.25) is 6.79 Å². The average molecular weight is 240 g/mol. The lowest BCUT2D eigenvalue weighted by Crippen LogP contribution is -2.01. The quantitative estimate of drug-likeness (QED) is 0.729. The lowest BCUT2D eigenvalue weighted by Gasteiger charge is -2.18. The Hall–Kier alpha value is -1.92. The topological polar surface area (TPSA) is 18.5 Å². The summed E-state index contributed by atoms with van der Waals surface area (Å²) in [5.41, 5.74) is 5.51. The van der Waals surface area contributed by atoms with Gasteiger partial charge in [0.15, 0.2) is 11.5 Å². The normalized spacial score (nSPS) is 21.1. The SMILES string of the molecule is C=C=CC1C=C(c2ccc3c(c2)OCO3)CCC1. The van der Waals surface area contributed by atoms with Gasteiger partial charge in [0.1, 0.15) is 0 Å². The molecule has 92 valence electrons. The first-order valence-corrected chi connectivity index (χ1v) is 6.33. The third-order valence-corrected chi connectivity index (χ3v) is 3.47. The Bertz CT molecular complexity index is 536. The first kappa shape index (κ1) is 11.2. The Kier molecular flexibility index (Phi) is 2.95. The van der Waals surface area contributed by atoms with E-state index in [2.05, 4.69) is 30.5 Å². The molecule has 0 radical (unpaired) electrons. The fraction of sp³-hybridized carbons (Fsp3) is 0.312. The molecule has 1 aliphatic heterocycles. The van der Waals surface area contributed by atoms with Gasteiger partial charge in [-0.05, 0) is 48.6 Å². The summed E-state index contributed by atoms with van der Waals surface area (Å²) >= 11 is 0. The third kappa shape index (κ3) is 2.07. The van der Waals surface area contributed by atoms with Crippen molar-refractivity contribution in [1.82, 2.24) is 0 Å². The Morgan fingerprint density at radius 2 is 2.17 bits per heavy atom. The molecule has 0 fully saturated rings. The smallest absolute Gasteiger partial charge is 0.231 e. The highest BCUT2D eigenvalue weighted by atomic mass is 16.7. The maximum absolute atomic E-state index is 5.42. The molecule has 0 bridgehead atoms. The maximum Gasteiger partial charge on any atom is 0.231 e. The summed E-state index contributed by atoms with van der Waals surface area (Å²) < 4.78 is 10.8. The summed E-state index contributed by atoms with van der Waals surface area (Å²) in [6.07, 6.45) is 7.90. The van der Waals surface area contributed by atoms with Gasteiger partial charge in [-0.15, -0.1) is 5.73 Å². The monoisotopic (exact) mass is 240 g/mol. The minimum atomic E-state index is 0.333. The van der Waals surface area contributed by atoms with E-state index in [4.69, 9.17) is 9.47 Å². The molecule has 1 aromatic rings. The third-order valence-electron chi connectivity index (χ3n) is 3.47. The Morgan fingerprint density at radius 3 is 3.06 bits per heavy atom. The van der Waals surface area contributed by atoms with Crippen molar-refractivity contribution in [3.8, 4) is 11.5 Å². The molecule has 2 nitrogen and oxygen atoms in total. The zero-order valence-corrected chi connectivity index (χ0v) is 10.3. The number of ether oxygens (including phenoxy) is 2. The first-order valence-electron chi connectivity index (χ1n) is 6.33. The molecule has 0 saturated heterocycles. The van der Waals surface area contributed by atoms with Crippen LogP contribution in [0.1, 0.15) is 24.8 Å². The zero-order valence-electron chi connectivity index (χ0n) is 10.3. The van der Waals surface area contributed by atoms with Crippen molar-refractivity contribution in [3.63, 3.8) is 0 Å². The van der Waals surface area contributed by atoms with Crippen LogP contribution in [0.25, 0.3) is 5.57 Å². The standard InChI is InChI=1S/C16H16O2/c1-2-4-12-5-3-6-13(9-12)14-7-8-15-16(10-14)18-11-17-15/h4,7-10,12H,1,3,5-6,11H2. The number of rotatable bonds is 2. The van der Waals surface area contributed by atoms with Gasteiger partial charge >= 0.3 is 0 Å². The molecule has 2 heteroatoms. The van der Waals surface area contributed by atoms with Crippen LogP contribution in [0, 0.1) is 5.92 Å². The van der Waals surface area contributed by atoms with E-state index in [1.54, 1.807) is 0 Å². The Morgan fingerprint density at radius 1 is 1.28 bits per heavy atom. The largest absolute Gasteiger partial charge is 0.454 e. The number of hydrogen-bond donors (Lipinski definition) is 0. The number of allylic oxidation sites excluding steroid dienone is 3.